The molecule has 0 atom stereocenters. The topological polar surface area (TPSA) is 57.4 Å². The molecule has 20 heavy (non-hydrogen) atoms. The first-order chi connectivity index (χ1) is 9.86. The second-order valence-corrected chi connectivity index (χ2v) is 4.42. The molecule has 0 spiro atoms. The number of para-hydroxylation sites is 2. The molecule has 0 aliphatic carbocycles. The van der Waals surface area contributed by atoms with Crippen LogP contribution >= 0.6 is 0 Å². The minimum atomic E-state index is 0.609. The fraction of sp³-hybridized carbons (Fsp3) is 0.312. The quantitative estimate of drug-likeness (QED) is 0.593. The van der Waals surface area contributed by atoms with Crippen LogP contribution in [0, 0.1) is 0 Å². The van der Waals surface area contributed by atoms with Crippen LogP contribution in [0.3, 0.4) is 0 Å². The van der Waals surface area contributed by atoms with E-state index in [0.29, 0.717) is 25.5 Å². The first kappa shape index (κ1) is 14.3. The molecule has 0 fully saturated rings. The average molecular weight is 272 g/mol. The molecular formula is C16H20N2O2. The van der Waals surface area contributed by atoms with E-state index in [1.54, 1.807) is 6.20 Å². The highest BCUT2D eigenvalue weighted by Gasteiger charge is 1.98. The highest BCUT2D eigenvalue weighted by atomic mass is 16.5. The Balaban J connectivity index is 1.53. The summed E-state index contributed by atoms with van der Waals surface area (Å²) in [4.78, 5) is 4.24. The number of benzene rings is 1. The van der Waals surface area contributed by atoms with E-state index in [1.165, 1.54) is 0 Å². The number of anilines is 1. The predicted molar refractivity (Wildman–Crippen MR) is 79.7 cm³/mol. The second kappa shape index (κ2) is 8.17. The lowest BCUT2D eigenvalue weighted by Gasteiger charge is -2.08. The number of hydrogen-bond acceptors (Lipinski definition) is 4. The predicted octanol–water partition coefficient (Wildman–Crippen LogP) is 2.69. The molecule has 1 aromatic heterocycles. The van der Waals surface area contributed by atoms with Crippen molar-refractivity contribution < 1.29 is 9.47 Å². The van der Waals surface area contributed by atoms with Gasteiger partial charge in [0.25, 0.3) is 0 Å². The van der Waals surface area contributed by atoms with E-state index in [9.17, 15) is 0 Å². The smallest absolute Gasteiger partial charge is 0.142 e. The van der Waals surface area contributed by atoms with Gasteiger partial charge in [-0.15, -0.1) is 0 Å². The summed E-state index contributed by atoms with van der Waals surface area (Å²) < 4.78 is 11.1. The van der Waals surface area contributed by atoms with Crippen molar-refractivity contribution in [3.63, 3.8) is 0 Å². The molecule has 0 saturated carbocycles. The summed E-state index contributed by atoms with van der Waals surface area (Å²) in [6.45, 7) is 1.97. The van der Waals surface area contributed by atoms with Crippen molar-refractivity contribution in [1.82, 2.24) is 4.98 Å². The molecule has 2 N–H and O–H groups in total. The summed E-state index contributed by atoms with van der Waals surface area (Å²) in [5.74, 6) is 0.737. The number of nitrogen functional groups attached to an aromatic ring is 1. The van der Waals surface area contributed by atoms with Crippen LogP contribution in [-0.2, 0) is 11.2 Å². The maximum atomic E-state index is 5.78. The van der Waals surface area contributed by atoms with E-state index < -0.39 is 0 Å². The number of nitrogens with zero attached hydrogens (tertiary/aromatic N) is 1. The summed E-state index contributed by atoms with van der Waals surface area (Å²) in [7, 11) is 0. The van der Waals surface area contributed by atoms with Crippen LogP contribution in [0.4, 0.5) is 5.69 Å². The third kappa shape index (κ3) is 4.90. The highest BCUT2D eigenvalue weighted by Crippen LogP contribution is 2.19. The van der Waals surface area contributed by atoms with Crippen LogP contribution in [0.15, 0.2) is 48.7 Å². The highest BCUT2D eigenvalue weighted by molar-refractivity contribution is 5.51. The van der Waals surface area contributed by atoms with E-state index in [2.05, 4.69) is 4.98 Å². The van der Waals surface area contributed by atoms with Gasteiger partial charge in [0.15, 0.2) is 0 Å². The first-order valence-corrected chi connectivity index (χ1v) is 6.81. The normalized spacial score (nSPS) is 10.4. The number of rotatable bonds is 8. The Bertz CT molecular complexity index is 503. The van der Waals surface area contributed by atoms with Gasteiger partial charge in [-0.1, -0.05) is 18.2 Å². The Labute approximate surface area is 119 Å². The molecule has 0 amide bonds. The van der Waals surface area contributed by atoms with E-state index in [1.807, 2.05) is 42.5 Å². The maximum absolute atomic E-state index is 5.78. The van der Waals surface area contributed by atoms with Gasteiger partial charge in [0.1, 0.15) is 5.75 Å². The van der Waals surface area contributed by atoms with Gasteiger partial charge < -0.3 is 15.2 Å². The van der Waals surface area contributed by atoms with E-state index >= 15 is 0 Å². The van der Waals surface area contributed by atoms with Gasteiger partial charge in [0.05, 0.1) is 18.9 Å². The monoisotopic (exact) mass is 272 g/mol. The number of nitrogens with two attached hydrogens (primary N) is 1. The third-order valence-corrected chi connectivity index (χ3v) is 2.84. The van der Waals surface area contributed by atoms with Crippen LogP contribution in [0.2, 0.25) is 0 Å². The largest absolute Gasteiger partial charge is 0.491 e. The fourth-order valence-electron chi connectivity index (χ4n) is 1.78. The zero-order chi connectivity index (χ0) is 14.0. The Morgan fingerprint density at radius 1 is 0.950 bits per heavy atom. The molecule has 0 radical (unpaired) electrons. The van der Waals surface area contributed by atoms with Gasteiger partial charge in [-0.3, -0.25) is 4.98 Å². The zero-order valence-corrected chi connectivity index (χ0v) is 11.5. The van der Waals surface area contributed by atoms with Crippen molar-refractivity contribution in [2.75, 3.05) is 25.6 Å². The van der Waals surface area contributed by atoms with Gasteiger partial charge in [0, 0.05) is 31.3 Å². The van der Waals surface area contributed by atoms with Gasteiger partial charge in [-0.2, -0.15) is 0 Å². The van der Waals surface area contributed by atoms with E-state index in [-0.39, 0.29) is 0 Å². The third-order valence-electron chi connectivity index (χ3n) is 2.84. The summed E-state index contributed by atoms with van der Waals surface area (Å²) in [5, 5.41) is 0. The van der Waals surface area contributed by atoms with Crippen molar-refractivity contribution in [3.05, 3.63) is 54.4 Å². The van der Waals surface area contributed by atoms with Crippen LogP contribution in [0.1, 0.15) is 12.1 Å². The number of aromatic nitrogens is 1. The van der Waals surface area contributed by atoms with E-state index in [4.69, 9.17) is 15.2 Å². The van der Waals surface area contributed by atoms with Crippen molar-refractivity contribution in [3.8, 4) is 5.75 Å². The molecule has 0 bridgehead atoms. The number of hydrogen-bond donors (Lipinski definition) is 1. The summed E-state index contributed by atoms with van der Waals surface area (Å²) in [6.07, 6.45) is 3.48. The standard InChI is InChI=1S/C16H20N2O2/c17-15-7-1-2-8-16(15)20-12-5-11-19-13-9-14-6-3-4-10-18-14/h1-4,6-8,10H,5,9,11-13,17H2. The fourth-order valence-corrected chi connectivity index (χ4v) is 1.78. The molecule has 2 rings (SSSR count). The second-order valence-electron chi connectivity index (χ2n) is 4.42. The average Bonchev–Trinajstić information content (AvgIpc) is 2.49. The van der Waals surface area contributed by atoms with Gasteiger partial charge in [0.2, 0.25) is 0 Å². The molecule has 1 aromatic carbocycles. The Morgan fingerprint density at radius 2 is 1.80 bits per heavy atom. The van der Waals surface area contributed by atoms with Crippen molar-refractivity contribution in [2.24, 2.45) is 0 Å². The molecule has 2 aromatic rings. The molecule has 4 heteroatoms. The maximum Gasteiger partial charge on any atom is 0.142 e. The van der Waals surface area contributed by atoms with Crippen molar-refractivity contribution in [1.29, 1.82) is 0 Å². The lowest BCUT2D eigenvalue weighted by atomic mass is 10.3. The lowest BCUT2D eigenvalue weighted by Crippen LogP contribution is -2.06. The molecule has 0 aliphatic rings. The zero-order valence-electron chi connectivity index (χ0n) is 11.5. The Hall–Kier alpha value is -2.07. The number of pyridine rings is 1. The van der Waals surface area contributed by atoms with Gasteiger partial charge in [-0.05, 0) is 24.3 Å². The molecule has 0 aliphatic heterocycles. The molecule has 106 valence electrons. The lowest BCUT2D eigenvalue weighted by molar-refractivity contribution is 0.121. The van der Waals surface area contributed by atoms with Gasteiger partial charge >= 0.3 is 0 Å². The SMILES string of the molecule is Nc1ccccc1OCCCOCCc1ccccn1. The summed E-state index contributed by atoms with van der Waals surface area (Å²) in [6, 6.07) is 13.4. The van der Waals surface area contributed by atoms with Crippen LogP contribution in [0.25, 0.3) is 0 Å². The van der Waals surface area contributed by atoms with E-state index in [0.717, 1.165) is 24.3 Å². The molecule has 1 heterocycles. The minimum absolute atomic E-state index is 0.609. The van der Waals surface area contributed by atoms with Crippen molar-refractivity contribution >= 4 is 5.69 Å². The van der Waals surface area contributed by atoms with Crippen LogP contribution < -0.4 is 10.5 Å². The molecular weight excluding hydrogens is 252 g/mol. The molecule has 4 nitrogen and oxygen atoms in total. The van der Waals surface area contributed by atoms with Gasteiger partial charge in [-0.25, -0.2) is 0 Å². The minimum Gasteiger partial charge on any atom is -0.491 e. The summed E-state index contributed by atoms with van der Waals surface area (Å²) in [5.41, 5.74) is 7.51. The molecule has 0 saturated heterocycles. The first-order valence-electron chi connectivity index (χ1n) is 6.81. The Kier molecular flexibility index (Phi) is 5.86. The summed E-state index contributed by atoms with van der Waals surface area (Å²) >= 11 is 0. The Morgan fingerprint density at radius 3 is 2.60 bits per heavy atom. The van der Waals surface area contributed by atoms with Crippen LogP contribution in [0.5, 0.6) is 5.75 Å². The van der Waals surface area contributed by atoms with Crippen molar-refractivity contribution in [2.45, 2.75) is 12.8 Å². The van der Waals surface area contributed by atoms with Crippen LogP contribution in [-0.4, -0.2) is 24.8 Å². The molecule has 0 unspecified atom stereocenters. The number of ether oxygens (including phenoxy) is 2.